The maximum atomic E-state index is 12.3. The number of benzene rings is 1. The highest BCUT2D eigenvalue weighted by Crippen LogP contribution is 2.21. The van der Waals surface area contributed by atoms with Gasteiger partial charge < -0.3 is 9.64 Å². The largest absolute Gasteiger partial charge is 0.435 e. The van der Waals surface area contributed by atoms with E-state index in [1.165, 1.54) is 18.2 Å². The number of halogens is 2. The second kappa shape index (κ2) is 6.33. The first-order valence-corrected chi connectivity index (χ1v) is 6.34. The molecule has 0 spiro atoms. The minimum atomic E-state index is -2.92. The SMILES string of the molecule is N#C[C@@H]1CCCN(C(=O)c2cccc(OC(F)F)c2)C1. The molecule has 1 aromatic carbocycles. The Balaban J connectivity index is 2.10. The summed E-state index contributed by atoms with van der Waals surface area (Å²) in [5, 5.41) is 8.91. The summed E-state index contributed by atoms with van der Waals surface area (Å²) in [5.41, 5.74) is 0.293. The van der Waals surface area contributed by atoms with E-state index in [1.807, 2.05) is 0 Å². The number of piperidine rings is 1. The number of likely N-dealkylation sites (tertiary alicyclic amines) is 1. The van der Waals surface area contributed by atoms with Gasteiger partial charge in [0.25, 0.3) is 5.91 Å². The maximum Gasteiger partial charge on any atom is 0.387 e. The van der Waals surface area contributed by atoms with E-state index >= 15 is 0 Å². The molecule has 1 saturated heterocycles. The fourth-order valence-corrected chi connectivity index (χ4v) is 2.25. The van der Waals surface area contributed by atoms with Gasteiger partial charge in [-0.2, -0.15) is 14.0 Å². The van der Waals surface area contributed by atoms with Crippen LogP contribution in [0.15, 0.2) is 24.3 Å². The van der Waals surface area contributed by atoms with E-state index in [1.54, 1.807) is 11.0 Å². The molecule has 0 unspecified atom stereocenters. The molecule has 4 nitrogen and oxygen atoms in total. The van der Waals surface area contributed by atoms with Gasteiger partial charge in [-0.05, 0) is 31.0 Å². The van der Waals surface area contributed by atoms with Crippen LogP contribution >= 0.6 is 0 Å². The van der Waals surface area contributed by atoms with Crippen molar-refractivity contribution in [2.24, 2.45) is 5.92 Å². The molecule has 0 N–H and O–H groups in total. The van der Waals surface area contributed by atoms with Crippen molar-refractivity contribution in [1.82, 2.24) is 4.90 Å². The van der Waals surface area contributed by atoms with Gasteiger partial charge in [-0.3, -0.25) is 4.79 Å². The van der Waals surface area contributed by atoms with Crippen molar-refractivity contribution in [3.63, 3.8) is 0 Å². The minimum absolute atomic E-state index is 0.0420. The highest BCUT2D eigenvalue weighted by atomic mass is 19.3. The van der Waals surface area contributed by atoms with Gasteiger partial charge in [0.05, 0.1) is 12.0 Å². The summed E-state index contributed by atoms with van der Waals surface area (Å²) < 4.78 is 28.6. The zero-order chi connectivity index (χ0) is 14.5. The number of hydrogen-bond acceptors (Lipinski definition) is 3. The van der Waals surface area contributed by atoms with Crippen molar-refractivity contribution in [2.75, 3.05) is 13.1 Å². The summed E-state index contributed by atoms with van der Waals surface area (Å²) in [6.45, 7) is -1.95. The van der Waals surface area contributed by atoms with E-state index in [0.29, 0.717) is 18.7 Å². The molecular formula is C14H14F2N2O2. The average molecular weight is 280 g/mol. The second-order valence-corrected chi connectivity index (χ2v) is 4.63. The van der Waals surface area contributed by atoms with Gasteiger partial charge in [-0.25, -0.2) is 0 Å². The maximum absolute atomic E-state index is 12.3. The fraction of sp³-hybridized carbons (Fsp3) is 0.429. The normalized spacial score (nSPS) is 18.7. The Hall–Kier alpha value is -2.16. The lowest BCUT2D eigenvalue weighted by atomic mass is 9.99. The van der Waals surface area contributed by atoms with E-state index in [2.05, 4.69) is 10.8 Å². The lowest BCUT2D eigenvalue weighted by Crippen LogP contribution is -2.39. The van der Waals surface area contributed by atoms with Crippen molar-refractivity contribution in [2.45, 2.75) is 19.5 Å². The van der Waals surface area contributed by atoms with Crippen LogP contribution in [0.1, 0.15) is 23.2 Å². The summed E-state index contributed by atoms with van der Waals surface area (Å²) >= 11 is 0. The molecule has 0 aromatic heterocycles. The minimum Gasteiger partial charge on any atom is -0.435 e. The number of nitrogens with zero attached hydrogens (tertiary/aromatic N) is 2. The summed E-state index contributed by atoms with van der Waals surface area (Å²) in [6.07, 6.45) is 1.56. The third-order valence-corrected chi connectivity index (χ3v) is 3.20. The van der Waals surface area contributed by atoms with Crippen LogP contribution in [0.3, 0.4) is 0 Å². The van der Waals surface area contributed by atoms with Gasteiger partial charge in [0.2, 0.25) is 0 Å². The van der Waals surface area contributed by atoms with Crippen molar-refractivity contribution in [3.05, 3.63) is 29.8 Å². The van der Waals surface area contributed by atoms with Crippen molar-refractivity contribution in [1.29, 1.82) is 5.26 Å². The quantitative estimate of drug-likeness (QED) is 0.855. The Kier molecular flexibility index (Phi) is 4.51. The number of rotatable bonds is 3. The molecule has 0 radical (unpaired) electrons. The number of carbonyl (C=O) groups excluding carboxylic acids is 1. The first-order chi connectivity index (χ1) is 9.60. The van der Waals surface area contributed by atoms with Gasteiger partial charge in [0.1, 0.15) is 5.75 Å². The Bertz CT molecular complexity index is 528. The molecular weight excluding hydrogens is 266 g/mol. The molecule has 0 aliphatic carbocycles. The number of hydrogen-bond donors (Lipinski definition) is 0. The van der Waals surface area contributed by atoms with Gasteiger partial charge in [0.15, 0.2) is 0 Å². The Labute approximate surface area is 115 Å². The van der Waals surface area contributed by atoms with Crippen LogP contribution in [0.5, 0.6) is 5.75 Å². The van der Waals surface area contributed by atoms with Gasteiger partial charge in [-0.15, -0.1) is 0 Å². The van der Waals surface area contributed by atoms with Crippen LogP contribution in [-0.4, -0.2) is 30.5 Å². The average Bonchev–Trinajstić information content (AvgIpc) is 2.46. The van der Waals surface area contributed by atoms with E-state index < -0.39 is 6.61 Å². The standard InChI is InChI=1S/C14H14F2N2O2/c15-14(16)20-12-5-1-4-11(7-12)13(19)18-6-2-3-10(8-17)9-18/h1,4-5,7,10,14H,2-3,6,9H2/t10-/m0/s1. The van der Waals surface area contributed by atoms with Gasteiger partial charge in [-0.1, -0.05) is 6.07 Å². The molecule has 1 fully saturated rings. The molecule has 20 heavy (non-hydrogen) atoms. The molecule has 1 aromatic rings. The van der Waals surface area contributed by atoms with E-state index in [9.17, 15) is 13.6 Å². The van der Waals surface area contributed by atoms with Crippen LogP contribution in [0.25, 0.3) is 0 Å². The van der Waals surface area contributed by atoms with Gasteiger partial charge >= 0.3 is 6.61 Å². The summed E-state index contributed by atoms with van der Waals surface area (Å²) in [6, 6.07) is 7.88. The zero-order valence-electron chi connectivity index (χ0n) is 10.8. The lowest BCUT2D eigenvalue weighted by molar-refractivity contribution is -0.0499. The number of amides is 1. The number of alkyl halides is 2. The Morgan fingerprint density at radius 3 is 3.00 bits per heavy atom. The molecule has 1 atom stereocenters. The smallest absolute Gasteiger partial charge is 0.387 e. The van der Waals surface area contributed by atoms with Crippen molar-refractivity contribution < 1.29 is 18.3 Å². The Morgan fingerprint density at radius 1 is 1.50 bits per heavy atom. The monoisotopic (exact) mass is 280 g/mol. The molecule has 106 valence electrons. The zero-order valence-corrected chi connectivity index (χ0v) is 10.8. The molecule has 1 aliphatic rings. The van der Waals surface area contributed by atoms with Crippen LogP contribution in [0, 0.1) is 17.2 Å². The molecule has 1 aliphatic heterocycles. The molecule has 1 heterocycles. The topological polar surface area (TPSA) is 53.3 Å². The molecule has 0 bridgehead atoms. The van der Waals surface area contributed by atoms with E-state index in [-0.39, 0.29) is 17.6 Å². The van der Waals surface area contributed by atoms with Crippen LogP contribution in [0.2, 0.25) is 0 Å². The number of carbonyl (C=O) groups is 1. The number of ether oxygens (including phenoxy) is 1. The molecule has 1 amide bonds. The predicted molar refractivity (Wildman–Crippen MR) is 67.3 cm³/mol. The Morgan fingerprint density at radius 2 is 2.30 bits per heavy atom. The van der Waals surface area contributed by atoms with Crippen molar-refractivity contribution >= 4 is 5.91 Å². The highest BCUT2D eigenvalue weighted by molar-refractivity contribution is 5.94. The first-order valence-electron chi connectivity index (χ1n) is 6.34. The summed E-state index contributed by atoms with van der Waals surface area (Å²) in [5.74, 6) is -0.461. The predicted octanol–water partition coefficient (Wildman–Crippen LogP) is 2.66. The first kappa shape index (κ1) is 14.3. The summed E-state index contributed by atoms with van der Waals surface area (Å²) in [7, 11) is 0. The second-order valence-electron chi connectivity index (χ2n) is 4.63. The number of nitriles is 1. The van der Waals surface area contributed by atoms with Crippen LogP contribution in [0.4, 0.5) is 8.78 Å². The third-order valence-electron chi connectivity index (χ3n) is 3.20. The van der Waals surface area contributed by atoms with Gasteiger partial charge in [0, 0.05) is 18.7 Å². The van der Waals surface area contributed by atoms with Crippen LogP contribution < -0.4 is 4.74 Å². The third kappa shape index (κ3) is 3.44. The summed E-state index contributed by atoms with van der Waals surface area (Å²) in [4.78, 5) is 13.9. The van der Waals surface area contributed by atoms with Crippen molar-refractivity contribution in [3.8, 4) is 11.8 Å². The lowest BCUT2D eigenvalue weighted by Gasteiger charge is -2.29. The highest BCUT2D eigenvalue weighted by Gasteiger charge is 2.24. The fourth-order valence-electron chi connectivity index (χ4n) is 2.25. The molecule has 0 saturated carbocycles. The van der Waals surface area contributed by atoms with E-state index in [4.69, 9.17) is 5.26 Å². The van der Waals surface area contributed by atoms with Crippen LogP contribution in [-0.2, 0) is 0 Å². The molecule has 6 heteroatoms. The molecule has 2 rings (SSSR count). The van der Waals surface area contributed by atoms with E-state index in [0.717, 1.165) is 12.8 Å².